The lowest BCUT2D eigenvalue weighted by molar-refractivity contribution is 0.767. The molecule has 58 valence electrons. The van der Waals surface area contributed by atoms with Crippen LogP contribution in [0.4, 0.5) is 0 Å². The van der Waals surface area contributed by atoms with Crippen LogP contribution in [0.5, 0.6) is 0 Å². The van der Waals surface area contributed by atoms with Gasteiger partial charge in [-0.2, -0.15) is 17.5 Å². The fourth-order valence-corrected chi connectivity index (χ4v) is 1.99. The predicted octanol–water partition coefficient (Wildman–Crippen LogP) is 3.14. The molecular formula is C11H13-. The molecule has 2 rings (SSSR count). The summed E-state index contributed by atoms with van der Waals surface area (Å²) in [4.78, 5) is 0. The zero-order valence-electron chi connectivity index (χ0n) is 7.09. The fourth-order valence-electron chi connectivity index (χ4n) is 1.99. The van der Waals surface area contributed by atoms with Crippen molar-refractivity contribution < 1.29 is 0 Å². The smallest absolute Gasteiger partial charge is 0.0697 e. The van der Waals surface area contributed by atoms with Crippen LogP contribution in [0.1, 0.15) is 37.3 Å². The molecule has 1 aliphatic rings. The van der Waals surface area contributed by atoms with Crippen LogP contribution in [-0.4, -0.2) is 0 Å². The molecule has 1 atom stereocenters. The molecule has 0 N–H and O–H groups in total. The highest BCUT2D eigenvalue weighted by Crippen LogP contribution is 2.39. The normalized spacial score (nSPS) is 22.0. The van der Waals surface area contributed by atoms with Gasteiger partial charge in [0.15, 0.2) is 0 Å². The highest BCUT2D eigenvalue weighted by Gasteiger charge is 2.14. The molecule has 0 spiro atoms. The van der Waals surface area contributed by atoms with Gasteiger partial charge in [0.25, 0.3) is 0 Å². The first-order chi connectivity index (χ1) is 5.29. The van der Waals surface area contributed by atoms with Crippen LogP contribution in [0, 0.1) is 5.92 Å². The van der Waals surface area contributed by atoms with Crippen LogP contribution in [0.2, 0.25) is 0 Å². The zero-order valence-corrected chi connectivity index (χ0v) is 7.09. The summed E-state index contributed by atoms with van der Waals surface area (Å²) in [5.74, 6) is 2.29. The van der Waals surface area contributed by atoms with E-state index in [0.717, 1.165) is 5.92 Å². The van der Waals surface area contributed by atoms with Gasteiger partial charge in [0, 0.05) is 0 Å². The van der Waals surface area contributed by atoms with Crippen LogP contribution >= 0.6 is 0 Å². The third-order valence-electron chi connectivity index (χ3n) is 2.56. The molecule has 1 aromatic carbocycles. The van der Waals surface area contributed by atoms with E-state index in [9.17, 15) is 0 Å². The molecule has 0 saturated carbocycles. The van der Waals surface area contributed by atoms with Gasteiger partial charge in [0.05, 0.1) is 0 Å². The van der Waals surface area contributed by atoms with Crippen molar-refractivity contribution in [2.45, 2.75) is 26.2 Å². The maximum atomic E-state index is 2.30. The Morgan fingerprint density at radius 3 is 2.82 bits per heavy atom. The molecule has 0 aromatic heterocycles. The standard InChI is InChI=1S/C11H13/c1-8-7-9(2)11-6-4-3-5-10(8)11/h3-6,8H,7H2,1-2H3/q-1. The van der Waals surface area contributed by atoms with Gasteiger partial charge in [-0.15, -0.1) is 17.7 Å². The SMILES string of the molecule is C[C-]1CC(C)c2ccccc21. The van der Waals surface area contributed by atoms with E-state index in [1.54, 1.807) is 5.92 Å². The second-order valence-electron chi connectivity index (χ2n) is 3.47. The van der Waals surface area contributed by atoms with Gasteiger partial charge < -0.3 is 0 Å². The quantitative estimate of drug-likeness (QED) is 0.492. The van der Waals surface area contributed by atoms with Crippen molar-refractivity contribution in [3.63, 3.8) is 0 Å². The van der Waals surface area contributed by atoms with E-state index in [4.69, 9.17) is 0 Å². The molecule has 0 fully saturated rings. The molecule has 1 aliphatic carbocycles. The van der Waals surface area contributed by atoms with E-state index >= 15 is 0 Å². The lowest BCUT2D eigenvalue weighted by Gasteiger charge is -2.12. The van der Waals surface area contributed by atoms with E-state index in [1.165, 1.54) is 17.5 Å². The Hall–Kier alpha value is -0.910. The van der Waals surface area contributed by atoms with E-state index in [1.807, 2.05) is 0 Å². The number of benzene rings is 1. The maximum Gasteiger partial charge on any atom is -0.0697 e. The molecular weight excluding hydrogens is 132 g/mol. The Balaban J connectivity index is 2.52. The van der Waals surface area contributed by atoms with Crippen molar-refractivity contribution in [2.75, 3.05) is 0 Å². The third kappa shape index (κ3) is 0.936. The minimum atomic E-state index is 0.742. The summed E-state index contributed by atoms with van der Waals surface area (Å²) in [6.07, 6.45) is 1.25. The van der Waals surface area contributed by atoms with Crippen molar-refractivity contribution in [2.24, 2.45) is 0 Å². The summed E-state index contributed by atoms with van der Waals surface area (Å²) < 4.78 is 0. The second kappa shape index (κ2) is 2.30. The van der Waals surface area contributed by atoms with Gasteiger partial charge in [-0.1, -0.05) is 32.3 Å². The van der Waals surface area contributed by atoms with Gasteiger partial charge >= 0.3 is 0 Å². The summed E-state index contributed by atoms with van der Waals surface area (Å²) in [7, 11) is 0. The van der Waals surface area contributed by atoms with Gasteiger partial charge in [-0.25, -0.2) is 0 Å². The van der Waals surface area contributed by atoms with Crippen LogP contribution in [0.3, 0.4) is 0 Å². The first kappa shape index (κ1) is 6.78. The molecule has 0 nitrogen and oxygen atoms in total. The van der Waals surface area contributed by atoms with Crippen molar-refractivity contribution in [3.05, 3.63) is 41.3 Å². The number of fused-ring (bicyclic) bond motifs is 1. The van der Waals surface area contributed by atoms with Crippen molar-refractivity contribution in [3.8, 4) is 0 Å². The third-order valence-corrected chi connectivity index (χ3v) is 2.56. The Kier molecular flexibility index (Phi) is 1.42. The van der Waals surface area contributed by atoms with E-state index in [0.29, 0.717) is 0 Å². The van der Waals surface area contributed by atoms with Crippen molar-refractivity contribution in [1.82, 2.24) is 0 Å². The molecule has 0 saturated heterocycles. The molecule has 0 heteroatoms. The Morgan fingerprint density at radius 1 is 1.36 bits per heavy atom. The minimum absolute atomic E-state index is 0.742. The molecule has 0 radical (unpaired) electrons. The number of rotatable bonds is 0. The minimum Gasteiger partial charge on any atom is -0.186 e. The summed E-state index contributed by atoms with van der Waals surface area (Å²) >= 11 is 0. The van der Waals surface area contributed by atoms with Crippen LogP contribution in [-0.2, 0) is 0 Å². The van der Waals surface area contributed by atoms with Crippen LogP contribution in [0.15, 0.2) is 24.3 Å². The Morgan fingerprint density at radius 2 is 2.09 bits per heavy atom. The van der Waals surface area contributed by atoms with Gasteiger partial charge in [0.2, 0.25) is 0 Å². The number of hydrogen-bond donors (Lipinski definition) is 0. The number of hydrogen-bond acceptors (Lipinski definition) is 0. The highest BCUT2D eigenvalue weighted by atomic mass is 14.3. The average molecular weight is 145 g/mol. The van der Waals surface area contributed by atoms with Crippen molar-refractivity contribution >= 4 is 0 Å². The van der Waals surface area contributed by atoms with E-state index in [-0.39, 0.29) is 0 Å². The molecule has 1 unspecified atom stereocenters. The summed E-state index contributed by atoms with van der Waals surface area (Å²) in [5.41, 5.74) is 3.02. The predicted molar refractivity (Wildman–Crippen MR) is 47.5 cm³/mol. The van der Waals surface area contributed by atoms with E-state index < -0.39 is 0 Å². The van der Waals surface area contributed by atoms with Crippen LogP contribution < -0.4 is 0 Å². The summed E-state index contributed by atoms with van der Waals surface area (Å²) in [5, 5.41) is 0. The molecule has 11 heavy (non-hydrogen) atoms. The first-order valence-corrected chi connectivity index (χ1v) is 4.21. The van der Waals surface area contributed by atoms with Crippen molar-refractivity contribution in [1.29, 1.82) is 0 Å². The lowest BCUT2D eigenvalue weighted by Crippen LogP contribution is -1.84. The molecule has 0 heterocycles. The second-order valence-corrected chi connectivity index (χ2v) is 3.47. The molecule has 0 amide bonds. The topological polar surface area (TPSA) is 0 Å². The van der Waals surface area contributed by atoms with E-state index in [2.05, 4.69) is 38.1 Å². The molecule has 1 aromatic rings. The fraction of sp³-hybridized carbons (Fsp3) is 0.364. The Bertz CT molecular complexity index is 235. The maximum absolute atomic E-state index is 2.30. The van der Waals surface area contributed by atoms with Gasteiger partial charge in [-0.3, -0.25) is 0 Å². The summed E-state index contributed by atoms with van der Waals surface area (Å²) in [6, 6.07) is 8.74. The lowest BCUT2D eigenvalue weighted by atomic mass is 10.0. The van der Waals surface area contributed by atoms with Crippen LogP contribution in [0.25, 0.3) is 0 Å². The first-order valence-electron chi connectivity index (χ1n) is 4.21. The molecule has 0 bridgehead atoms. The zero-order chi connectivity index (χ0) is 7.84. The molecule has 0 aliphatic heterocycles. The van der Waals surface area contributed by atoms with Gasteiger partial charge in [-0.05, 0) is 0 Å². The largest absolute Gasteiger partial charge is 0.186 e. The average Bonchev–Trinajstić information content (AvgIpc) is 2.30. The highest BCUT2D eigenvalue weighted by molar-refractivity contribution is 5.45. The monoisotopic (exact) mass is 145 g/mol. The van der Waals surface area contributed by atoms with Gasteiger partial charge in [0.1, 0.15) is 0 Å². The Labute approximate surface area is 68.3 Å². The summed E-state index contributed by atoms with van der Waals surface area (Å²) in [6.45, 7) is 4.54.